The normalized spacial score (nSPS) is 12.6. The molecule has 0 amide bonds. The molecule has 0 bridgehead atoms. The van der Waals surface area contributed by atoms with Gasteiger partial charge in [0.1, 0.15) is 6.61 Å². The monoisotopic (exact) mass is 236 g/mol. The summed E-state index contributed by atoms with van der Waals surface area (Å²) in [7, 11) is 0. The van der Waals surface area contributed by atoms with Crippen LogP contribution in [0.2, 0.25) is 0 Å². The lowest BCUT2D eigenvalue weighted by atomic mass is 10.4. The first-order valence-electron chi connectivity index (χ1n) is 5.20. The highest BCUT2D eigenvalue weighted by Crippen LogP contribution is 2.23. The van der Waals surface area contributed by atoms with E-state index in [2.05, 4.69) is 19.1 Å². The van der Waals surface area contributed by atoms with E-state index >= 15 is 0 Å². The molecule has 0 N–H and O–H groups in total. The third-order valence-corrected chi connectivity index (χ3v) is 2.93. The van der Waals surface area contributed by atoms with E-state index in [0.717, 1.165) is 0 Å². The van der Waals surface area contributed by atoms with Crippen LogP contribution in [-0.2, 0) is 9.53 Å². The minimum absolute atomic E-state index is 0.243. The first-order valence-corrected chi connectivity index (χ1v) is 6.08. The summed E-state index contributed by atoms with van der Waals surface area (Å²) >= 11 is 1.78. The van der Waals surface area contributed by atoms with E-state index in [0.29, 0.717) is 11.9 Å². The quantitative estimate of drug-likeness (QED) is 0.446. The van der Waals surface area contributed by atoms with Gasteiger partial charge in [0.2, 0.25) is 0 Å². The molecule has 16 heavy (non-hydrogen) atoms. The second kappa shape index (κ2) is 7.12. The smallest absolute Gasteiger partial charge is 0.302 e. The molecule has 0 spiro atoms. The molecule has 1 atom stereocenters. The maximum atomic E-state index is 10.5. The zero-order chi connectivity index (χ0) is 11.8. The molecule has 3 heteroatoms. The van der Waals surface area contributed by atoms with Crippen molar-refractivity contribution in [3.05, 3.63) is 42.5 Å². The number of thioether (sulfide) groups is 1. The highest BCUT2D eigenvalue weighted by atomic mass is 32.2. The number of carbonyl (C=O) groups is 1. The predicted octanol–water partition coefficient (Wildman–Crippen LogP) is 3.29. The van der Waals surface area contributed by atoms with Crippen molar-refractivity contribution in [2.75, 3.05) is 6.61 Å². The van der Waals surface area contributed by atoms with Crippen LogP contribution in [0.4, 0.5) is 0 Å². The van der Waals surface area contributed by atoms with Gasteiger partial charge in [0.15, 0.2) is 0 Å². The second-order valence-corrected chi connectivity index (χ2v) is 4.82. The van der Waals surface area contributed by atoms with Gasteiger partial charge in [0.05, 0.1) is 0 Å². The van der Waals surface area contributed by atoms with E-state index in [1.54, 1.807) is 11.8 Å². The van der Waals surface area contributed by atoms with Crippen LogP contribution in [0.1, 0.15) is 13.8 Å². The number of benzene rings is 1. The fraction of sp³-hybridized carbons (Fsp3) is 0.308. The van der Waals surface area contributed by atoms with E-state index in [-0.39, 0.29) is 5.97 Å². The summed E-state index contributed by atoms with van der Waals surface area (Å²) < 4.78 is 4.81. The topological polar surface area (TPSA) is 26.3 Å². The first kappa shape index (κ1) is 12.8. The lowest BCUT2D eigenvalue weighted by Crippen LogP contribution is -1.98. The number of hydrogen-bond donors (Lipinski definition) is 0. The van der Waals surface area contributed by atoms with E-state index in [1.807, 2.05) is 30.4 Å². The van der Waals surface area contributed by atoms with Crippen LogP contribution in [0.3, 0.4) is 0 Å². The zero-order valence-corrected chi connectivity index (χ0v) is 10.4. The lowest BCUT2D eigenvalue weighted by molar-refractivity contribution is -0.139. The Balaban J connectivity index is 2.30. The minimum atomic E-state index is -0.243. The highest BCUT2D eigenvalue weighted by molar-refractivity contribution is 8.00. The van der Waals surface area contributed by atoms with Gasteiger partial charge in [0, 0.05) is 17.1 Å². The summed E-state index contributed by atoms with van der Waals surface area (Å²) in [4.78, 5) is 11.8. The van der Waals surface area contributed by atoms with Crippen molar-refractivity contribution in [1.82, 2.24) is 0 Å². The molecule has 86 valence electrons. The standard InChI is InChI=1S/C13H16O2S/c1-11(7-6-10-15-12(2)14)16-13-8-4-3-5-9-13/h3-9,11H,10H2,1-2H3/b7-6+/t11-/m1/s1. The molecule has 0 radical (unpaired) electrons. The molecule has 0 aliphatic rings. The third kappa shape index (κ3) is 5.61. The number of esters is 1. The molecule has 0 saturated heterocycles. The maximum Gasteiger partial charge on any atom is 0.302 e. The molecule has 0 aliphatic heterocycles. The van der Waals surface area contributed by atoms with Gasteiger partial charge in [-0.25, -0.2) is 0 Å². The summed E-state index contributed by atoms with van der Waals surface area (Å²) in [5.74, 6) is -0.243. The third-order valence-electron chi connectivity index (χ3n) is 1.86. The van der Waals surface area contributed by atoms with Gasteiger partial charge in [-0.1, -0.05) is 30.4 Å². The van der Waals surface area contributed by atoms with Crippen molar-refractivity contribution in [2.45, 2.75) is 24.0 Å². The van der Waals surface area contributed by atoms with Crippen molar-refractivity contribution in [3.8, 4) is 0 Å². The average Bonchev–Trinajstić information content (AvgIpc) is 2.25. The van der Waals surface area contributed by atoms with Crippen LogP contribution < -0.4 is 0 Å². The molecule has 0 unspecified atom stereocenters. The molecular weight excluding hydrogens is 220 g/mol. The molecule has 1 aromatic carbocycles. The van der Waals surface area contributed by atoms with Gasteiger partial charge in [0.25, 0.3) is 0 Å². The fourth-order valence-electron chi connectivity index (χ4n) is 1.17. The first-order chi connectivity index (χ1) is 7.68. The maximum absolute atomic E-state index is 10.5. The SMILES string of the molecule is CC(=O)OC/C=C/[C@@H](C)Sc1ccccc1. The van der Waals surface area contributed by atoms with Gasteiger partial charge >= 0.3 is 5.97 Å². The molecule has 1 aromatic rings. The number of ether oxygens (including phenoxy) is 1. The Morgan fingerprint density at radius 2 is 2.12 bits per heavy atom. The molecule has 0 aromatic heterocycles. The van der Waals surface area contributed by atoms with Crippen molar-refractivity contribution in [2.24, 2.45) is 0 Å². The van der Waals surface area contributed by atoms with E-state index < -0.39 is 0 Å². The minimum Gasteiger partial charge on any atom is -0.462 e. The van der Waals surface area contributed by atoms with Crippen LogP contribution in [0, 0.1) is 0 Å². The molecule has 1 rings (SSSR count). The Kier molecular flexibility index (Phi) is 5.72. The van der Waals surface area contributed by atoms with E-state index in [9.17, 15) is 4.79 Å². The highest BCUT2D eigenvalue weighted by Gasteiger charge is 1.99. The van der Waals surface area contributed by atoms with Crippen molar-refractivity contribution in [1.29, 1.82) is 0 Å². The second-order valence-electron chi connectivity index (χ2n) is 3.37. The van der Waals surface area contributed by atoms with E-state index in [4.69, 9.17) is 4.74 Å². The van der Waals surface area contributed by atoms with Crippen LogP contribution in [0.25, 0.3) is 0 Å². The van der Waals surface area contributed by atoms with E-state index in [1.165, 1.54) is 11.8 Å². The fourth-order valence-corrected chi connectivity index (χ4v) is 2.10. The van der Waals surface area contributed by atoms with Crippen LogP contribution in [-0.4, -0.2) is 17.8 Å². The van der Waals surface area contributed by atoms with Gasteiger partial charge in [-0.05, 0) is 19.1 Å². The molecule has 2 nitrogen and oxygen atoms in total. The summed E-state index contributed by atoms with van der Waals surface area (Å²) in [6.07, 6.45) is 3.92. The Labute approximate surface area is 101 Å². The molecular formula is C13H16O2S. The molecule has 0 heterocycles. The van der Waals surface area contributed by atoms with Crippen LogP contribution in [0.5, 0.6) is 0 Å². The molecule has 0 saturated carbocycles. The Bertz CT molecular complexity index is 346. The van der Waals surface area contributed by atoms with Crippen molar-refractivity contribution < 1.29 is 9.53 Å². The predicted molar refractivity (Wildman–Crippen MR) is 67.5 cm³/mol. The van der Waals surface area contributed by atoms with Crippen LogP contribution >= 0.6 is 11.8 Å². The zero-order valence-electron chi connectivity index (χ0n) is 9.55. The van der Waals surface area contributed by atoms with Crippen molar-refractivity contribution >= 4 is 17.7 Å². The number of carbonyl (C=O) groups excluding carboxylic acids is 1. The van der Waals surface area contributed by atoms with Gasteiger partial charge < -0.3 is 4.74 Å². The van der Waals surface area contributed by atoms with Gasteiger partial charge in [-0.3, -0.25) is 4.79 Å². The summed E-state index contributed by atoms with van der Waals surface area (Å²) in [5, 5.41) is 0.373. The Morgan fingerprint density at radius 3 is 2.75 bits per heavy atom. The Morgan fingerprint density at radius 1 is 1.44 bits per heavy atom. The Hall–Kier alpha value is -1.22. The number of rotatable bonds is 5. The summed E-state index contributed by atoms with van der Waals surface area (Å²) in [5.41, 5.74) is 0. The largest absolute Gasteiger partial charge is 0.462 e. The van der Waals surface area contributed by atoms with Crippen LogP contribution in [0.15, 0.2) is 47.4 Å². The summed E-state index contributed by atoms with van der Waals surface area (Å²) in [6, 6.07) is 10.2. The average molecular weight is 236 g/mol. The number of hydrogen-bond acceptors (Lipinski definition) is 3. The molecule has 0 aliphatic carbocycles. The molecule has 0 fully saturated rings. The van der Waals surface area contributed by atoms with Gasteiger partial charge in [-0.2, -0.15) is 0 Å². The van der Waals surface area contributed by atoms with Gasteiger partial charge in [-0.15, -0.1) is 11.8 Å². The lowest BCUT2D eigenvalue weighted by Gasteiger charge is -2.05. The van der Waals surface area contributed by atoms with Crippen molar-refractivity contribution in [3.63, 3.8) is 0 Å². The summed E-state index contributed by atoms with van der Waals surface area (Å²) in [6.45, 7) is 3.88.